The van der Waals surface area contributed by atoms with E-state index in [0.29, 0.717) is 17.3 Å². The van der Waals surface area contributed by atoms with E-state index in [2.05, 4.69) is 25.6 Å². The number of nitrogens with one attached hydrogen (secondary N) is 2. The van der Waals surface area contributed by atoms with Crippen molar-refractivity contribution in [3.63, 3.8) is 0 Å². The Bertz CT molecular complexity index is 1150. The fourth-order valence-electron chi connectivity index (χ4n) is 2.61. The smallest absolute Gasteiger partial charge is 0.257 e. The van der Waals surface area contributed by atoms with Crippen molar-refractivity contribution >= 4 is 34.7 Å². The highest BCUT2D eigenvalue weighted by Crippen LogP contribution is 2.21. The van der Waals surface area contributed by atoms with Crippen LogP contribution in [0.15, 0.2) is 73.6 Å². The van der Waals surface area contributed by atoms with Crippen molar-refractivity contribution in [3.8, 4) is 5.82 Å². The van der Waals surface area contributed by atoms with Gasteiger partial charge in [-0.3, -0.25) is 9.36 Å². The molecule has 0 saturated carbocycles. The van der Waals surface area contributed by atoms with Crippen molar-refractivity contribution in [1.82, 2.24) is 19.5 Å². The molecule has 2 aromatic heterocycles. The minimum absolute atomic E-state index is 0.0539. The van der Waals surface area contributed by atoms with Gasteiger partial charge in [0, 0.05) is 29.8 Å². The van der Waals surface area contributed by atoms with Crippen LogP contribution in [-0.2, 0) is 0 Å². The van der Waals surface area contributed by atoms with Crippen LogP contribution in [0.5, 0.6) is 0 Å². The number of hydrogen-bond donors (Lipinski definition) is 2. The first-order chi connectivity index (χ1) is 14.1. The maximum absolute atomic E-state index is 13.1. The SMILES string of the molecule is O=C(Nc1ccc(Nc2cc(-n3ccnc3)ncn2)cc1)c1ccc(F)cc1Cl. The maximum Gasteiger partial charge on any atom is 0.257 e. The molecule has 0 aliphatic heterocycles. The maximum atomic E-state index is 13.1. The van der Waals surface area contributed by atoms with Gasteiger partial charge in [-0.15, -0.1) is 0 Å². The lowest BCUT2D eigenvalue weighted by Gasteiger charge is -2.10. The van der Waals surface area contributed by atoms with Gasteiger partial charge in [-0.1, -0.05) is 11.6 Å². The first-order valence-corrected chi connectivity index (χ1v) is 8.90. The first-order valence-electron chi connectivity index (χ1n) is 8.52. The molecule has 0 spiro atoms. The lowest BCUT2D eigenvalue weighted by atomic mass is 10.2. The normalized spacial score (nSPS) is 10.6. The molecule has 144 valence electrons. The number of anilines is 3. The number of halogens is 2. The second-order valence-electron chi connectivity index (χ2n) is 6.01. The third-order valence-corrected chi connectivity index (χ3v) is 4.33. The molecule has 2 aromatic carbocycles. The zero-order valence-corrected chi connectivity index (χ0v) is 15.6. The summed E-state index contributed by atoms with van der Waals surface area (Å²) < 4.78 is 14.9. The summed E-state index contributed by atoms with van der Waals surface area (Å²) in [5.41, 5.74) is 1.55. The minimum atomic E-state index is -0.497. The van der Waals surface area contributed by atoms with Crippen LogP contribution in [0.4, 0.5) is 21.6 Å². The molecular weight excluding hydrogens is 395 g/mol. The topological polar surface area (TPSA) is 84.7 Å². The average Bonchev–Trinajstić information content (AvgIpc) is 3.24. The van der Waals surface area contributed by atoms with Gasteiger partial charge in [0.15, 0.2) is 0 Å². The Kier molecular flexibility index (Phi) is 5.17. The van der Waals surface area contributed by atoms with Gasteiger partial charge in [-0.25, -0.2) is 19.3 Å². The number of amides is 1. The van der Waals surface area contributed by atoms with Crippen LogP contribution in [0.25, 0.3) is 5.82 Å². The zero-order chi connectivity index (χ0) is 20.2. The number of aromatic nitrogens is 4. The third kappa shape index (κ3) is 4.39. The molecule has 29 heavy (non-hydrogen) atoms. The second-order valence-corrected chi connectivity index (χ2v) is 6.42. The van der Waals surface area contributed by atoms with Crippen molar-refractivity contribution in [1.29, 1.82) is 0 Å². The summed E-state index contributed by atoms with van der Waals surface area (Å²) in [6, 6.07) is 12.5. The highest BCUT2D eigenvalue weighted by Gasteiger charge is 2.11. The number of nitrogens with zero attached hydrogens (tertiary/aromatic N) is 4. The Balaban J connectivity index is 1.44. The number of rotatable bonds is 5. The second kappa shape index (κ2) is 8.07. The van der Waals surface area contributed by atoms with E-state index in [1.165, 1.54) is 18.5 Å². The summed E-state index contributed by atoms with van der Waals surface area (Å²) in [6.07, 6.45) is 6.56. The van der Waals surface area contributed by atoms with Crippen molar-refractivity contribution < 1.29 is 9.18 Å². The first kappa shape index (κ1) is 18.6. The molecule has 0 bridgehead atoms. The molecule has 0 fully saturated rings. The quantitative estimate of drug-likeness (QED) is 0.509. The number of imidazole rings is 1. The van der Waals surface area contributed by atoms with Gasteiger partial charge >= 0.3 is 0 Å². The minimum Gasteiger partial charge on any atom is -0.340 e. The largest absolute Gasteiger partial charge is 0.340 e. The van der Waals surface area contributed by atoms with Crippen LogP contribution in [0.2, 0.25) is 5.02 Å². The summed E-state index contributed by atoms with van der Waals surface area (Å²) in [6.45, 7) is 0. The van der Waals surface area contributed by atoms with E-state index in [1.807, 2.05) is 0 Å². The Morgan fingerprint density at radius 2 is 1.83 bits per heavy atom. The third-order valence-electron chi connectivity index (χ3n) is 4.01. The predicted molar refractivity (Wildman–Crippen MR) is 108 cm³/mol. The van der Waals surface area contributed by atoms with Crippen LogP contribution in [0.1, 0.15) is 10.4 Å². The monoisotopic (exact) mass is 408 g/mol. The fraction of sp³-hybridized carbons (Fsp3) is 0. The van der Waals surface area contributed by atoms with E-state index < -0.39 is 11.7 Å². The van der Waals surface area contributed by atoms with Crippen molar-refractivity contribution in [2.24, 2.45) is 0 Å². The van der Waals surface area contributed by atoms with Gasteiger partial charge in [0.05, 0.1) is 10.6 Å². The van der Waals surface area contributed by atoms with E-state index in [0.717, 1.165) is 11.8 Å². The molecular formula is C20H14ClFN6O. The molecule has 0 unspecified atom stereocenters. The molecule has 4 aromatic rings. The summed E-state index contributed by atoms with van der Waals surface area (Å²) in [5, 5.41) is 5.96. The zero-order valence-electron chi connectivity index (χ0n) is 14.9. The highest BCUT2D eigenvalue weighted by molar-refractivity contribution is 6.34. The molecule has 2 heterocycles. The molecule has 9 heteroatoms. The Morgan fingerprint density at radius 1 is 1.03 bits per heavy atom. The van der Waals surface area contributed by atoms with E-state index in [4.69, 9.17) is 11.6 Å². The van der Waals surface area contributed by atoms with Crippen molar-refractivity contribution in [3.05, 3.63) is 90.0 Å². The van der Waals surface area contributed by atoms with Crippen molar-refractivity contribution in [2.45, 2.75) is 0 Å². The van der Waals surface area contributed by atoms with Gasteiger partial charge in [0.1, 0.15) is 30.1 Å². The summed E-state index contributed by atoms with van der Waals surface area (Å²) in [4.78, 5) is 24.7. The van der Waals surface area contributed by atoms with Crippen molar-refractivity contribution in [2.75, 3.05) is 10.6 Å². The van der Waals surface area contributed by atoms with Gasteiger partial charge < -0.3 is 10.6 Å². The average molecular weight is 409 g/mol. The van der Waals surface area contributed by atoms with Gasteiger partial charge in [-0.2, -0.15) is 0 Å². The molecule has 0 atom stereocenters. The van der Waals surface area contributed by atoms with Crippen LogP contribution in [0, 0.1) is 5.82 Å². The number of carbonyl (C=O) groups is 1. The molecule has 0 aliphatic rings. The number of hydrogen-bond acceptors (Lipinski definition) is 5. The van der Waals surface area contributed by atoms with Gasteiger partial charge in [-0.05, 0) is 42.5 Å². The Morgan fingerprint density at radius 3 is 2.55 bits per heavy atom. The molecule has 0 radical (unpaired) electrons. The van der Waals surface area contributed by atoms with E-state index in [9.17, 15) is 9.18 Å². The summed E-state index contributed by atoms with van der Waals surface area (Å²) >= 11 is 5.93. The van der Waals surface area contributed by atoms with Crippen LogP contribution in [0.3, 0.4) is 0 Å². The van der Waals surface area contributed by atoms with Crippen LogP contribution < -0.4 is 10.6 Å². The molecule has 1 amide bonds. The molecule has 0 aliphatic carbocycles. The van der Waals surface area contributed by atoms with Gasteiger partial charge in [0.25, 0.3) is 5.91 Å². The summed E-state index contributed by atoms with van der Waals surface area (Å²) in [5.74, 6) is 0.373. The van der Waals surface area contributed by atoms with Crippen LogP contribution >= 0.6 is 11.6 Å². The number of benzene rings is 2. The number of carbonyl (C=O) groups excluding carboxylic acids is 1. The van der Waals surface area contributed by atoms with Crippen LogP contribution in [-0.4, -0.2) is 25.4 Å². The molecule has 0 saturated heterocycles. The molecule has 4 rings (SSSR count). The van der Waals surface area contributed by atoms with E-state index >= 15 is 0 Å². The van der Waals surface area contributed by atoms with E-state index in [-0.39, 0.29) is 10.6 Å². The molecule has 7 nitrogen and oxygen atoms in total. The Hall–Kier alpha value is -3.78. The standard InChI is InChI=1S/C20H14ClFN6O/c21-17-9-13(22)1-6-16(17)20(29)27-15-4-2-14(3-5-15)26-18-10-19(25-11-24-18)28-8-7-23-12-28/h1-12H,(H,27,29)(H,24,25,26). The van der Waals surface area contributed by atoms with E-state index in [1.54, 1.807) is 53.6 Å². The summed E-state index contributed by atoms with van der Waals surface area (Å²) in [7, 11) is 0. The predicted octanol–water partition coefficient (Wildman–Crippen LogP) is 4.45. The fourth-order valence-corrected chi connectivity index (χ4v) is 2.86. The lowest BCUT2D eigenvalue weighted by Crippen LogP contribution is -2.12. The highest BCUT2D eigenvalue weighted by atomic mass is 35.5. The van der Waals surface area contributed by atoms with Gasteiger partial charge in [0.2, 0.25) is 0 Å². The molecule has 2 N–H and O–H groups in total. The lowest BCUT2D eigenvalue weighted by molar-refractivity contribution is 0.102. The Labute approximate surface area is 170 Å².